The van der Waals surface area contributed by atoms with Gasteiger partial charge in [-0.1, -0.05) is 29.8 Å². The second-order valence-corrected chi connectivity index (χ2v) is 8.54. The van der Waals surface area contributed by atoms with Crippen LogP contribution in [0.2, 0.25) is 5.02 Å². The number of halogens is 1. The molecular weight excluding hydrogens is 346 g/mol. The Morgan fingerprint density at radius 1 is 1.04 bits per heavy atom. The molecule has 0 heterocycles. The van der Waals surface area contributed by atoms with Crippen LogP contribution in [0.4, 0.5) is 5.69 Å². The van der Waals surface area contributed by atoms with E-state index < -0.39 is 21.5 Å². The van der Waals surface area contributed by atoms with E-state index in [1.54, 1.807) is 24.3 Å². The Kier molecular flexibility index (Phi) is 4.92. The highest BCUT2D eigenvalue weighted by molar-refractivity contribution is 7.91. The number of hydrogen-bond donors (Lipinski definition) is 1. The van der Waals surface area contributed by atoms with Crippen molar-refractivity contribution in [2.24, 2.45) is 0 Å². The van der Waals surface area contributed by atoms with Crippen LogP contribution in [0.1, 0.15) is 23.1 Å². The van der Waals surface area contributed by atoms with Crippen LogP contribution in [0, 0.1) is 0 Å². The number of sulfone groups is 1. The van der Waals surface area contributed by atoms with Crippen LogP contribution >= 0.6 is 11.6 Å². The summed E-state index contributed by atoms with van der Waals surface area (Å²) in [5, 5.41) is 3.23. The largest absolute Gasteiger partial charge is 0.325 e. The van der Waals surface area contributed by atoms with Gasteiger partial charge in [0.1, 0.15) is 5.75 Å². The van der Waals surface area contributed by atoms with Gasteiger partial charge in [-0.2, -0.15) is 0 Å². The highest BCUT2D eigenvalue weighted by Crippen LogP contribution is 2.25. The summed E-state index contributed by atoms with van der Waals surface area (Å²) in [6.45, 7) is 0. The fraction of sp³-hybridized carbons (Fsp3) is 0.278. The Morgan fingerprint density at radius 3 is 2.50 bits per heavy atom. The zero-order valence-electron chi connectivity index (χ0n) is 13.1. The minimum absolute atomic E-state index is 0.179. The summed E-state index contributed by atoms with van der Waals surface area (Å²) in [6, 6.07) is 12.3. The number of carbonyl (C=O) groups excluding carboxylic acids is 1. The maximum atomic E-state index is 12.2. The molecule has 0 aromatic heterocycles. The lowest BCUT2D eigenvalue weighted by Crippen LogP contribution is -2.24. The first-order valence-electron chi connectivity index (χ1n) is 7.78. The minimum atomic E-state index is -3.53. The molecule has 0 atom stereocenters. The predicted molar refractivity (Wildman–Crippen MR) is 96.0 cm³/mol. The highest BCUT2D eigenvalue weighted by Gasteiger charge is 2.18. The van der Waals surface area contributed by atoms with E-state index in [4.69, 9.17) is 11.6 Å². The average Bonchev–Trinajstić information content (AvgIpc) is 2.96. The third-order valence-electron chi connectivity index (χ3n) is 4.03. The van der Waals surface area contributed by atoms with Crippen molar-refractivity contribution in [2.75, 3.05) is 11.1 Å². The second-order valence-electron chi connectivity index (χ2n) is 6.04. The predicted octanol–water partition coefficient (Wildman–Crippen LogP) is 3.38. The molecule has 0 spiro atoms. The molecule has 0 fully saturated rings. The molecule has 24 heavy (non-hydrogen) atoms. The Balaban J connectivity index is 1.62. The SMILES string of the molecule is O=C(CS(=O)(=O)Cc1ccc(Cl)cc1)Nc1ccc2c(c1)CCC2. The summed E-state index contributed by atoms with van der Waals surface area (Å²) in [4.78, 5) is 12.1. The van der Waals surface area contributed by atoms with Gasteiger partial charge in [0.05, 0.1) is 5.75 Å². The molecule has 0 aliphatic heterocycles. The van der Waals surface area contributed by atoms with Crippen molar-refractivity contribution in [1.82, 2.24) is 0 Å². The maximum Gasteiger partial charge on any atom is 0.239 e. The van der Waals surface area contributed by atoms with Gasteiger partial charge in [0.15, 0.2) is 9.84 Å². The molecule has 0 saturated carbocycles. The van der Waals surface area contributed by atoms with E-state index in [9.17, 15) is 13.2 Å². The van der Waals surface area contributed by atoms with Crippen LogP contribution in [0.3, 0.4) is 0 Å². The molecule has 0 radical (unpaired) electrons. The molecule has 4 nitrogen and oxygen atoms in total. The third kappa shape index (κ3) is 4.36. The number of nitrogens with one attached hydrogen (secondary N) is 1. The summed E-state index contributed by atoms with van der Waals surface area (Å²) < 4.78 is 24.4. The molecule has 2 aromatic rings. The highest BCUT2D eigenvalue weighted by atomic mass is 35.5. The quantitative estimate of drug-likeness (QED) is 0.885. The van der Waals surface area contributed by atoms with Crippen molar-refractivity contribution in [1.29, 1.82) is 0 Å². The van der Waals surface area contributed by atoms with Crippen molar-refractivity contribution in [3.63, 3.8) is 0 Å². The van der Waals surface area contributed by atoms with Gasteiger partial charge in [-0.25, -0.2) is 8.42 Å². The van der Waals surface area contributed by atoms with Crippen molar-refractivity contribution in [3.05, 3.63) is 64.2 Å². The van der Waals surface area contributed by atoms with E-state index in [-0.39, 0.29) is 5.75 Å². The third-order valence-corrected chi connectivity index (χ3v) is 5.76. The number of hydrogen-bond acceptors (Lipinski definition) is 3. The van der Waals surface area contributed by atoms with E-state index in [1.807, 2.05) is 18.2 Å². The van der Waals surface area contributed by atoms with E-state index >= 15 is 0 Å². The van der Waals surface area contributed by atoms with Gasteiger partial charge < -0.3 is 5.32 Å². The summed E-state index contributed by atoms with van der Waals surface area (Å²) in [5.74, 6) is -1.23. The molecule has 0 bridgehead atoms. The normalized spacial score (nSPS) is 13.5. The van der Waals surface area contributed by atoms with Crippen LogP contribution in [-0.2, 0) is 33.2 Å². The summed E-state index contributed by atoms with van der Waals surface area (Å²) in [7, 11) is -3.53. The Morgan fingerprint density at radius 2 is 1.75 bits per heavy atom. The fourth-order valence-corrected chi connectivity index (χ4v) is 4.33. The first-order valence-corrected chi connectivity index (χ1v) is 9.98. The molecular formula is C18H18ClNO3S. The number of amides is 1. The number of carbonyl (C=O) groups is 1. The van der Waals surface area contributed by atoms with Crippen molar-refractivity contribution >= 4 is 33.0 Å². The zero-order chi connectivity index (χ0) is 17.2. The smallest absolute Gasteiger partial charge is 0.239 e. The minimum Gasteiger partial charge on any atom is -0.325 e. The van der Waals surface area contributed by atoms with Crippen molar-refractivity contribution in [2.45, 2.75) is 25.0 Å². The molecule has 6 heteroatoms. The number of anilines is 1. The Labute approximate surface area is 146 Å². The Bertz CT molecular complexity index is 860. The van der Waals surface area contributed by atoms with E-state index in [0.717, 1.165) is 19.3 Å². The van der Waals surface area contributed by atoms with E-state index in [0.29, 0.717) is 16.3 Å². The lowest BCUT2D eigenvalue weighted by molar-refractivity contribution is -0.113. The molecule has 126 valence electrons. The van der Waals surface area contributed by atoms with Gasteiger partial charge in [0, 0.05) is 10.7 Å². The van der Waals surface area contributed by atoms with Crippen LogP contribution in [-0.4, -0.2) is 20.1 Å². The van der Waals surface area contributed by atoms with Crippen LogP contribution < -0.4 is 5.32 Å². The average molecular weight is 364 g/mol. The Hall–Kier alpha value is -1.85. The first kappa shape index (κ1) is 17.0. The van der Waals surface area contributed by atoms with Crippen LogP contribution in [0.5, 0.6) is 0 Å². The van der Waals surface area contributed by atoms with Gasteiger partial charge >= 0.3 is 0 Å². The molecule has 3 rings (SSSR count). The molecule has 0 unspecified atom stereocenters. The lowest BCUT2D eigenvalue weighted by Gasteiger charge is -2.08. The molecule has 1 N–H and O–H groups in total. The van der Waals surface area contributed by atoms with Crippen molar-refractivity contribution in [3.8, 4) is 0 Å². The van der Waals surface area contributed by atoms with E-state index in [2.05, 4.69) is 5.32 Å². The summed E-state index contributed by atoms with van der Waals surface area (Å²) in [6.07, 6.45) is 3.20. The number of benzene rings is 2. The monoisotopic (exact) mass is 363 g/mol. The van der Waals surface area contributed by atoms with Crippen LogP contribution in [0.25, 0.3) is 0 Å². The zero-order valence-corrected chi connectivity index (χ0v) is 14.7. The molecule has 2 aromatic carbocycles. The number of fused-ring (bicyclic) bond motifs is 1. The number of aryl methyl sites for hydroxylation is 2. The summed E-state index contributed by atoms with van der Waals surface area (Å²) in [5.41, 5.74) is 3.81. The topological polar surface area (TPSA) is 63.2 Å². The van der Waals surface area contributed by atoms with Crippen molar-refractivity contribution < 1.29 is 13.2 Å². The molecule has 1 aliphatic rings. The molecule has 0 saturated heterocycles. The van der Waals surface area contributed by atoms with E-state index in [1.165, 1.54) is 11.1 Å². The molecule has 1 aliphatic carbocycles. The van der Waals surface area contributed by atoms with Gasteiger partial charge in [-0.05, 0) is 60.2 Å². The second kappa shape index (κ2) is 6.95. The van der Waals surface area contributed by atoms with Gasteiger partial charge in [-0.3, -0.25) is 4.79 Å². The van der Waals surface area contributed by atoms with Gasteiger partial charge in [-0.15, -0.1) is 0 Å². The molecule has 1 amide bonds. The van der Waals surface area contributed by atoms with Gasteiger partial charge in [0.2, 0.25) is 5.91 Å². The summed E-state index contributed by atoms with van der Waals surface area (Å²) >= 11 is 5.78. The lowest BCUT2D eigenvalue weighted by atomic mass is 10.1. The number of rotatable bonds is 5. The first-order chi connectivity index (χ1) is 11.4. The van der Waals surface area contributed by atoms with Crippen LogP contribution in [0.15, 0.2) is 42.5 Å². The maximum absolute atomic E-state index is 12.2. The van der Waals surface area contributed by atoms with Gasteiger partial charge in [0.25, 0.3) is 0 Å². The standard InChI is InChI=1S/C18H18ClNO3S/c19-16-7-4-13(5-8-16)11-24(22,23)12-18(21)20-17-9-6-14-2-1-3-15(14)10-17/h4-10H,1-3,11-12H2,(H,20,21). The fourth-order valence-electron chi connectivity index (χ4n) is 2.93.